The van der Waals surface area contributed by atoms with Crippen LogP contribution in [0.1, 0.15) is 6.42 Å². The van der Waals surface area contributed by atoms with Crippen molar-refractivity contribution in [1.29, 1.82) is 0 Å². The maximum Gasteiger partial charge on any atom is 0.244 e. The lowest BCUT2D eigenvalue weighted by Gasteiger charge is -2.33. The fourth-order valence-corrected chi connectivity index (χ4v) is 5.30. The first-order valence-corrected chi connectivity index (χ1v) is 11.0. The number of alkyl halides is 1. The molecular weight excluding hydrogens is 403 g/mol. The molecule has 1 saturated heterocycles. The number of aromatic nitrogens is 2. The number of piperidine rings is 1. The van der Waals surface area contributed by atoms with Crippen molar-refractivity contribution in [1.82, 2.24) is 14.3 Å². The van der Waals surface area contributed by atoms with E-state index in [1.54, 1.807) is 17.6 Å². The van der Waals surface area contributed by atoms with E-state index in [4.69, 9.17) is 0 Å². The first-order valence-electron chi connectivity index (χ1n) is 8.63. The first kappa shape index (κ1) is 18.9. The van der Waals surface area contributed by atoms with Gasteiger partial charge >= 0.3 is 0 Å². The van der Waals surface area contributed by atoms with Gasteiger partial charge in [0.1, 0.15) is 11.1 Å². The standard InChI is InChI=1S/C18H17FN4O3S2/c19-15-10-23(28(25,26)13-2-1-6-20-9-13)7-5-14(15)18(24)22-12-3-4-17-16(8-12)21-11-27-17/h1-4,6,8-9,11,14-15H,5,7,10H2,(H,22,24)/t14-,15-/m1/s1. The first-order chi connectivity index (χ1) is 13.4. The Bertz CT molecular complexity index is 1100. The smallest absolute Gasteiger partial charge is 0.244 e. The zero-order chi connectivity index (χ0) is 19.7. The van der Waals surface area contributed by atoms with E-state index < -0.39 is 28.0 Å². The number of carbonyl (C=O) groups excluding carboxylic acids is 1. The molecule has 1 aliphatic rings. The van der Waals surface area contributed by atoms with E-state index in [1.165, 1.54) is 35.9 Å². The highest BCUT2D eigenvalue weighted by molar-refractivity contribution is 7.89. The summed E-state index contributed by atoms with van der Waals surface area (Å²) >= 11 is 1.49. The Morgan fingerprint density at radius 3 is 2.93 bits per heavy atom. The third kappa shape index (κ3) is 3.62. The molecule has 28 heavy (non-hydrogen) atoms. The number of hydrogen-bond donors (Lipinski definition) is 1. The van der Waals surface area contributed by atoms with Crippen molar-refractivity contribution in [3.05, 3.63) is 48.2 Å². The Morgan fingerprint density at radius 2 is 2.18 bits per heavy atom. The van der Waals surface area contributed by atoms with Crippen molar-refractivity contribution < 1.29 is 17.6 Å². The lowest BCUT2D eigenvalue weighted by Crippen LogP contribution is -2.48. The van der Waals surface area contributed by atoms with E-state index in [1.807, 2.05) is 6.07 Å². The Labute approximate surface area is 165 Å². The molecule has 4 rings (SSSR count). The van der Waals surface area contributed by atoms with Crippen LogP contribution in [0.25, 0.3) is 10.2 Å². The highest BCUT2D eigenvalue weighted by Gasteiger charge is 2.39. The summed E-state index contributed by atoms with van der Waals surface area (Å²) in [5.74, 6) is -1.37. The van der Waals surface area contributed by atoms with Gasteiger partial charge in [-0.25, -0.2) is 17.8 Å². The molecule has 1 aromatic carbocycles. The van der Waals surface area contributed by atoms with Gasteiger partial charge < -0.3 is 5.32 Å². The second-order valence-electron chi connectivity index (χ2n) is 6.49. The number of pyridine rings is 1. The topological polar surface area (TPSA) is 92.3 Å². The van der Waals surface area contributed by atoms with Gasteiger partial charge in [-0.15, -0.1) is 11.3 Å². The molecule has 3 aromatic rings. The summed E-state index contributed by atoms with van der Waals surface area (Å²) in [6, 6.07) is 8.26. The van der Waals surface area contributed by atoms with E-state index in [-0.39, 0.29) is 24.4 Å². The van der Waals surface area contributed by atoms with Gasteiger partial charge in [0.25, 0.3) is 0 Å². The summed E-state index contributed by atoms with van der Waals surface area (Å²) in [6.45, 7) is -0.290. The van der Waals surface area contributed by atoms with Crippen LogP contribution in [0.2, 0.25) is 0 Å². The molecule has 1 fully saturated rings. The van der Waals surface area contributed by atoms with E-state index in [0.717, 1.165) is 14.5 Å². The van der Waals surface area contributed by atoms with Gasteiger partial charge in [0.15, 0.2) is 0 Å². The van der Waals surface area contributed by atoms with E-state index in [9.17, 15) is 17.6 Å². The van der Waals surface area contributed by atoms with Gasteiger partial charge in [0.05, 0.1) is 21.6 Å². The van der Waals surface area contributed by atoms with Crippen LogP contribution in [0.4, 0.5) is 10.1 Å². The van der Waals surface area contributed by atoms with Crippen molar-refractivity contribution in [2.75, 3.05) is 18.4 Å². The number of fused-ring (bicyclic) bond motifs is 1. The minimum Gasteiger partial charge on any atom is -0.326 e. The Morgan fingerprint density at radius 1 is 1.32 bits per heavy atom. The zero-order valence-corrected chi connectivity index (χ0v) is 16.3. The highest BCUT2D eigenvalue weighted by atomic mass is 32.2. The van der Waals surface area contributed by atoms with Crippen molar-refractivity contribution in [3.8, 4) is 0 Å². The average Bonchev–Trinajstić information content (AvgIpc) is 3.16. The summed E-state index contributed by atoms with van der Waals surface area (Å²) in [6.07, 6.45) is 1.21. The van der Waals surface area contributed by atoms with Gasteiger partial charge in [0.2, 0.25) is 15.9 Å². The quantitative estimate of drug-likeness (QED) is 0.701. The lowest BCUT2D eigenvalue weighted by molar-refractivity contribution is -0.123. The number of carbonyl (C=O) groups is 1. The normalized spacial score (nSPS) is 20.9. The fourth-order valence-electron chi connectivity index (χ4n) is 3.21. The maximum atomic E-state index is 14.7. The predicted molar refractivity (Wildman–Crippen MR) is 104 cm³/mol. The molecular formula is C18H17FN4O3S2. The molecule has 0 spiro atoms. The minimum absolute atomic E-state index is 0.0154. The van der Waals surface area contributed by atoms with Crippen molar-refractivity contribution >= 4 is 43.2 Å². The van der Waals surface area contributed by atoms with Crippen LogP contribution in [-0.4, -0.2) is 47.9 Å². The molecule has 0 bridgehead atoms. The Balaban J connectivity index is 1.44. The molecule has 1 aliphatic heterocycles. The van der Waals surface area contributed by atoms with E-state index >= 15 is 0 Å². The number of nitrogens with one attached hydrogen (secondary N) is 1. The number of sulfonamides is 1. The average molecular weight is 420 g/mol. The summed E-state index contributed by atoms with van der Waals surface area (Å²) < 4.78 is 42.0. The van der Waals surface area contributed by atoms with Crippen molar-refractivity contribution in [3.63, 3.8) is 0 Å². The molecule has 7 nitrogen and oxygen atoms in total. The number of hydrogen-bond acceptors (Lipinski definition) is 6. The highest BCUT2D eigenvalue weighted by Crippen LogP contribution is 2.28. The van der Waals surface area contributed by atoms with Crippen LogP contribution in [-0.2, 0) is 14.8 Å². The Kier molecular flexibility index (Phi) is 5.09. The second kappa shape index (κ2) is 7.53. The third-order valence-corrected chi connectivity index (χ3v) is 7.37. The SMILES string of the molecule is O=C(Nc1ccc2scnc2c1)[C@@H]1CCN(S(=O)(=O)c2cccnc2)C[C@H]1F. The third-order valence-electron chi connectivity index (χ3n) is 4.71. The van der Waals surface area contributed by atoms with Crippen LogP contribution < -0.4 is 5.32 Å². The maximum absolute atomic E-state index is 14.7. The molecule has 10 heteroatoms. The second-order valence-corrected chi connectivity index (χ2v) is 9.31. The monoisotopic (exact) mass is 420 g/mol. The molecule has 0 radical (unpaired) electrons. The molecule has 3 heterocycles. The molecule has 2 aromatic heterocycles. The van der Waals surface area contributed by atoms with Crippen molar-refractivity contribution in [2.24, 2.45) is 5.92 Å². The van der Waals surface area contributed by atoms with Gasteiger partial charge in [-0.2, -0.15) is 4.31 Å². The number of halogens is 1. The van der Waals surface area contributed by atoms with Crippen molar-refractivity contribution in [2.45, 2.75) is 17.5 Å². The van der Waals surface area contributed by atoms with Gasteiger partial charge in [0, 0.05) is 31.2 Å². The fraction of sp³-hybridized carbons (Fsp3) is 0.278. The molecule has 0 saturated carbocycles. The molecule has 0 aliphatic carbocycles. The van der Waals surface area contributed by atoms with Crippen LogP contribution >= 0.6 is 11.3 Å². The van der Waals surface area contributed by atoms with E-state index in [2.05, 4.69) is 15.3 Å². The van der Waals surface area contributed by atoms with Gasteiger partial charge in [-0.05, 0) is 36.8 Å². The molecule has 1 amide bonds. The van der Waals surface area contributed by atoms with Crippen LogP contribution in [0.3, 0.4) is 0 Å². The zero-order valence-electron chi connectivity index (χ0n) is 14.7. The number of thiazole rings is 1. The number of anilines is 1. The van der Waals surface area contributed by atoms with Crippen LogP contribution in [0.5, 0.6) is 0 Å². The molecule has 2 atom stereocenters. The molecule has 0 unspecified atom stereocenters. The van der Waals surface area contributed by atoms with Crippen LogP contribution in [0, 0.1) is 5.92 Å². The number of nitrogens with zero attached hydrogens (tertiary/aromatic N) is 3. The summed E-state index contributed by atoms with van der Waals surface area (Å²) in [7, 11) is -3.83. The number of amides is 1. The van der Waals surface area contributed by atoms with Gasteiger partial charge in [-0.3, -0.25) is 9.78 Å². The van der Waals surface area contributed by atoms with Gasteiger partial charge in [-0.1, -0.05) is 0 Å². The number of rotatable bonds is 4. The minimum atomic E-state index is -3.83. The summed E-state index contributed by atoms with van der Waals surface area (Å²) in [4.78, 5) is 20.5. The number of benzene rings is 1. The molecule has 1 N–H and O–H groups in total. The largest absolute Gasteiger partial charge is 0.326 e. The summed E-state index contributed by atoms with van der Waals surface area (Å²) in [5.41, 5.74) is 3.02. The van der Waals surface area contributed by atoms with Crippen LogP contribution in [0.15, 0.2) is 53.1 Å². The predicted octanol–water partition coefficient (Wildman–Crippen LogP) is 2.68. The summed E-state index contributed by atoms with van der Waals surface area (Å²) in [5, 5.41) is 2.72. The lowest BCUT2D eigenvalue weighted by atomic mass is 9.95. The van der Waals surface area contributed by atoms with E-state index in [0.29, 0.717) is 5.69 Å². The molecule has 146 valence electrons. The Hall–Kier alpha value is -2.43.